The molecule has 0 unspecified atom stereocenters. The maximum Gasteiger partial charge on any atom is 0.244 e. The molecule has 0 aromatic heterocycles. The van der Waals surface area contributed by atoms with E-state index in [0.29, 0.717) is 13.0 Å². The van der Waals surface area contributed by atoms with Gasteiger partial charge in [-0.2, -0.15) is 0 Å². The van der Waals surface area contributed by atoms with Crippen LogP contribution in [0.3, 0.4) is 0 Å². The number of carbonyl (C=O) groups excluding carboxylic acids is 2. The highest BCUT2D eigenvalue weighted by atomic mass is 35.5. The van der Waals surface area contributed by atoms with Crippen molar-refractivity contribution in [2.75, 3.05) is 23.7 Å². The number of aryl methyl sites for hydroxylation is 1. The van der Waals surface area contributed by atoms with Gasteiger partial charge < -0.3 is 10.2 Å². The summed E-state index contributed by atoms with van der Waals surface area (Å²) < 4.78 is 26.3. The van der Waals surface area contributed by atoms with Crippen LogP contribution in [-0.2, 0) is 26.2 Å². The molecule has 0 saturated heterocycles. The summed E-state index contributed by atoms with van der Waals surface area (Å²) in [6.45, 7) is 7.87. The number of sulfonamides is 1. The van der Waals surface area contributed by atoms with Gasteiger partial charge in [-0.25, -0.2) is 8.42 Å². The minimum atomic E-state index is -3.85. The van der Waals surface area contributed by atoms with Crippen molar-refractivity contribution in [3.05, 3.63) is 63.6 Å². The molecule has 2 aromatic rings. The van der Waals surface area contributed by atoms with Crippen LogP contribution in [0.4, 0.5) is 5.69 Å². The molecule has 1 N–H and O–H groups in total. The Bertz CT molecular complexity index is 1160. The van der Waals surface area contributed by atoms with Crippen LogP contribution >= 0.6 is 23.2 Å². The summed E-state index contributed by atoms with van der Waals surface area (Å²) in [6, 6.07) is 11.2. The number of hydrogen-bond donors (Lipinski definition) is 1. The van der Waals surface area contributed by atoms with Crippen LogP contribution in [0, 0.1) is 12.8 Å². The monoisotopic (exact) mass is 541 g/mol. The van der Waals surface area contributed by atoms with Crippen molar-refractivity contribution in [3.63, 3.8) is 0 Å². The Morgan fingerprint density at radius 1 is 1.06 bits per heavy atom. The second-order valence-corrected chi connectivity index (χ2v) is 11.6. The molecule has 35 heavy (non-hydrogen) atoms. The molecule has 0 saturated carbocycles. The average Bonchev–Trinajstić information content (AvgIpc) is 2.78. The van der Waals surface area contributed by atoms with E-state index in [2.05, 4.69) is 5.32 Å². The molecule has 10 heteroatoms. The van der Waals surface area contributed by atoms with Gasteiger partial charge in [0.05, 0.1) is 22.0 Å². The number of rotatable bonds is 11. The van der Waals surface area contributed by atoms with Crippen molar-refractivity contribution >= 4 is 50.7 Å². The molecule has 2 rings (SSSR count). The van der Waals surface area contributed by atoms with Gasteiger partial charge in [0, 0.05) is 13.1 Å². The highest BCUT2D eigenvalue weighted by Crippen LogP contribution is 2.28. The third-order valence-electron chi connectivity index (χ3n) is 5.54. The van der Waals surface area contributed by atoms with Crippen LogP contribution in [-0.4, -0.2) is 50.5 Å². The number of benzene rings is 2. The van der Waals surface area contributed by atoms with Gasteiger partial charge in [-0.3, -0.25) is 13.9 Å². The van der Waals surface area contributed by atoms with Gasteiger partial charge in [0.1, 0.15) is 12.6 Å². The Balaban J connectivity index is 2.45. The fourth-order valence-corrected chi connectivity index (χ4v) is 4.70. The number of nitrogens with one attached hydrogen (secondary N) is 1. The quantitative estimate of drug-likeness (QED) is 0.448. The molecule has 0 bridgehead atoms. The number of hydrogen-bond acceptors (Lipinski definition) is 4. The lowest BCUT2D eigenvalue weighted by Crippen LogP contribution is -2.52. The molecular weight excluding hydrogens is 509 g/mol. The molecule has 0 fully saturated rings. The summed E-state index contributed by atoms with van der Waals surface area (Å²) in [5.41, 5.74) is 2.05. The molecule has 0 aliphatic carbocycles. The first-order chi connectivity index (χ1) is 16.3. The number of carbonyl (C=O) groups is 2. The average molecular weight is 543 g/mol. The SMILES string of the molecule is CC[C@@H](C(=O)NCC(C)C)N(Cc1ccccc1C)C(=O)CN(c1ccc(Cl)c(Cl)c1)S(C)(=O)=O. The number of nitrogens with zero attached hydrogens (tertiary/aromatic N) is 2. The molecular formula is C25H33Cl2N3O4S. The third kappa shape index (κ3) is 8.12. The Kier molecular flexibility index (Phi) is 10.4. The highest BCUT2D eigenvalue weighted by molar-refractivity contribution is 7.92. The fourth-order valence-electron chi connectivity index (χ4n) is 3.57. The third-order valence-corrected chi connectivity index (χ3v) is 7.42. The number of anilines is 1. The molecule has 192 valence electrons. The van der Waals surface area contributed by atoms with E-state index in [4.69, 9.17) is 23.2 Å². The van der Waals surface area contributed by atoms with E-state index < -0.39 is 28.5 Å². The molecule has 2 amide bonds. The number of halogens is 2. The zero-order valence-electron chi connectivity index (χ0n) is 20.7. The van der Waals surface area contributed by atoms with E-state index in [0.717, 1.165) is 21.7 Å². The van der Waals surface area contributed by atoms with Gasteiger partial charge in [0.25, 0.3) is 0 Å². The van der Waals surface area contributed by atoms with Crippen LogP contribution in [0.15, 0.2) is 42.5 Å². The molecule has 7 nitrogen and oxygen atoms in total. The zero-order valence-corrected chi connectivity index (χ0v) is 23.0. The second-order valence-electron chi connectivity index (χ2n) is 8.88. The summed E-state index contributed by atoms with van der Waals surface area (Å²) >= 11 is 12.1. The summed E-state index contributed by atoms with van der Waals surface area (Å²) in [6.07, 6.45) is 1.38. The lowest BCUT2D eigenvalue weighted by atomic mass is 10.1. The smallest absolute Gasteiger partial charge is 0.244 e. The van der Waals surface area contributed by atoms with Crippen LogP contribution in [0.2, 0.25) is 10.0 Å². The van der Waals surface area contributed by atoms with Crippen LogP contribution in [0.5, 0.6) is 0 Å². The fraction of sp³-hybridized carbons (Fsp3) is 0.440. The minimum absolute atomic E-state index is 0.165. The van der Waals surface area contributed by atoms with Crippen molar-refractivity contribution in [2.45, 2.75) is 46.7 Å². The first kappa shape index (κ1) is 28.9. The van der Waals surface area contributed by atoms with Crippen molar-refractivity contribution in [2.24, 2.45) is 5.92 Å². The van der Waals surface area contributed by atoms with Crippen LogP contribution in [0.25, 0.3) is 0 Å². The Hall–Kier alpha value is -2.29. The normalized spacial score (nSPS) is 12.3. The summed E-state index contributed by atoms with van der Waals surface area (Å²) in [5, 5.41) is 3.34. The Labute approximate surface area is 218 Å². The molecule has 0 aliphatic rings. The largest absolute Gasteiger partial charge is 0.354 e. The summed E-state index contributed by atoms with van der Waals surface area (Å²) in [7, 11) is -3.85. The van der Waals surface area contributed by atoms with Crippen molar-refractivity contribution in [1.29, 1.82) is 0 Å². The van der Waals surface area contributed by atoms with E-state index in [-0.39, 0.29) is 34.1 Å². The highest BCUT2D eigenvalue weighted by Gasteiger charge is 2.32. The minimum Gasteiger partial charge on any atom is -0.354 e. The Morgan fingerprint density at radius 3 is 2.26 bits per heavy atom. The zero-order chi connectivity index (χ0) is 26.3. The van der Waals surface area contributed by atoms with Gasteiger partial charge in [-0.05, 0) is 48.6 Å². The summed E-state index contributed by atoms with van der Waals surface area (Å²) in [5.74, 6) is -0.535. The van der Waals surface area contributed by atoms with Crippen LogP contribution < -0.4 is 9.62 Å². The van der Waals surface area contributed by atoms with Gasteiger partial charge in [0.2, 0.25) is 21.8 Å². The first-order valence-electron chi connectivity index (χ1n) is 11.4. The van der Waals surface area contributed by atoms with Gasteiger partial charge in [-0.15, -0.1) is 0 Å². The molecule has 2 aromatic carbocycles. The van der Waals surface area contributed by atoms with Gasteiger partial charge in [-0.1, -0.05) is 68.2 Å². The molecule has 0 radical (unpaired) electrons. The lowest BCUT2D eigenvalue weighted by molar-refractivity contribution is -0.140. The predicted molar refractivity (Wildman–Crippen MR) is 142 cm³/mol. The first-order valence-corrected chi connectivity index (χ1v) is 14.0. The predicted octanol–water partition coefficient (Wildman–Crippen LogP) is 4.65. The molecule has 0 spiro atoms. The Morgan fingerprint density at radius 2 is 1.71 bits per heavy atom. The van der Waals surface area contributed by atoms with Crippen LogP contribution in [0.1, 0.15) is 38.3 Å². The van der Waals surface area contributed by atoms with E-state index in [1.54, 1.807) is 0 Å². The topological polar surface area (TPSA) is 86.8 Å². The molecule has 0 aliphatic heterocycles. The van der Waals surface area contributed by atoms with Gasteiger partial charge >= 0.3 is 0 Å². The molecule has 0 heterocycles. The molecule has 1 atom stereocenters. The maximum atomic E-state index is 13.7. The standard InChI is InChI=1S/C25H33Cl2N3O4S/c1-6-23(25(32)28-14-17(2)3)29(15-19-10-8-7-9-18(19)4)24(31)16-30(35(5,33)34)20-11-12-21(26)22(27)13-20/h7-13,17,23H,6,14-16H2,1-5H3,(H,28,32)/t23-/m0/s1. The van der Waals surface area contributed by atoms with E-state index in [1.165, 1.54) is 23.1 Å². The van der Waals surface area contributed by atoms with Crippen molar-refractivity contribution in [3.8, 4) is 0 Å². The second kappa shape index (κ2) is 12.6. The van der Waals surface area contributed by atoms with E-state index in [1.807, 2.05) is 52.0 Å². The summed E-state index contributed by atoms with van der Waals surface area (Å²) in [4.78, 5) is 28.2. The van der Waals surface area contributed by atoms with E-state index >= 15 is 0 Å². The maximum absolute atomic E-state index is 13.7. The van der Waals surface area contributed by atoms with Gasteiger partial charge in [0.15, 0.2) is 0 Å². The van der Waals surface area contributed by atoms with Crippen molar-refractivity contribution < 1.29 is 18.0 Å². The van der Waals surface area contributed by atoms with Crippen molar-refractivity contribution in [1.82, 2.24) is 10.2 Å². The lowest BCUT2D eigenvalue weighted by Gasteiger charge is -2.33. The van der Waals surface area contributed by atoms with E-state index in [9.17, 15) is 18.0 Å². The number of amides is 2.